The van der Waals surface area contributed by atoms with Gasteiger partial charge in [-0.2, -0.15) is 0 Å². The summed E-state index contributed by atoms with van der Waals surface area (Å²) in [6, 6.07) is 8.15. The monoisotopic (exact) mass is 253 g/mol. The Balaban J connectivity index is 2.24. The molecule has 0 aliphatic rings. The maximum absolute atomic E-state index is 13.6. The second kappa shape index (κ2) is 5.34. The van der Waals surface area contributed by atoms with Crippen LogP contribution in [0.2, 0.25) is 5.02 Å². The summed E-state index contributed by atoms with van der Waals surface area (Å²) in [5, 5.41) is 3.52. The maximum atomic E-state index is 13.6. The first-order chi connectivity index (χ1) is 8.20. The molecule has 90 valence electrons. The zero-order valence-electron chi connectivity index (χ0n) is 9.47. The average molecular weight is 254 g/mol. The van der Waals surface area contributed by atoms with Gasteiger partial charge in [-0.1, -0.05) is 18.5 Å². The van der Waals surface area contributed by atoms with E-state index in [1.807, 2.05) is 13.0 Å². The van der Waals surface area contributed by atoms with Crippen LogP contribution in [0.4, 0.5) is 4.39 Å². The quantitative estimate of drug-likeness (QED) is 0.895. The van der Waals surface area contributed by atoms with E-state index in [0.717, 1.165) is 12.3 Å². The third kappa shape index (κ3) is 2.87. The summed E-state index contributed by atoms with van der Waals surface area (Å²) < 4.78 is 19.2. The molecule has 1 aromatic heterocycles. The summed E-state index contributed by atoms with van der Waals surface area (Å²) in [5.41, 5.74) is 0.428. The maximum Gasteiger partial charge on any atom is 0.137 e. The Morgan fingerprint density at radius 3 is 2.82 bits per heavy atom. The molecule has 2 aromatic rings. The van der Waals surface area contributed by atoms with Gasteiger partial charge in [-0.25, -0.2) is 4.39 Å². The second-order valence-corrected chi connectivity index (χ2v) is 4.11. The molecule has 4 heteroatoms. The van der Waals surface area contributed by atoms with E-state index in [1.54, 1.807) is 18.2 Å². The Morgan fingerprint density at radius 2 is 2.12 bits per heavy atom. The van der Waals surface area contributed by atoms with Crippen molar-refractivity contribution >= 4 is 11.6 Å². The lowest BCUT2D eigenvalue weighted by atomic mass is 10.1. The molecular formula is C13H13ClFNO. The number of hydrogen-bond acceptors (Lipinski definition) is 2. The third-order valence-corrected chi connectivity index (χ3v) is 2.64. The molecule has 2 nitrogen and oxygen atoms in total. The Labute approximate surface area is 104 Å². The summed E-state index contributed by atoms with van der Waals surface area (Å²) in [6.07, 6.45) is 0. The fourth-order valence-electron chi connectivity index (χ4n) is 1.56. The molecule has 0 bridgehead atoms. The van der Waals surface area contributed by atoms with Crippen LogP contribution >= 0.6 is 11.6 Å². The van der Waals surface area contributed by atoms with Gasteiger partial charge in [-0.05, 0) is 36.9 Å². The van der Waals surface area contributed by atoms with Gasteiger partial charge in [0.2, 0.25) is 0 Å². The van der Waals surface area contributed by atoms with Crippen LogP contribution in [0.1, 0.15) is 12.7 Å². The molecule has 0 saturated carbocycles. The van der Waals surface area contributed by atoms with E-state index < -0.39 is 0 Å². The van der Waals surface area contributed by atoms with Crippen LogP contribution in [0.25, 0.3) is 11.3 Å². The van der Waals surface area contributed by atoms with E-state index in [4.69, 9.17) is 16.0 Å². The molecule has 0 saturated heterocycles. The minimum absolute atomic E-state index is 0.373. The van der Waals surface area contributed by atoms with Crippen molar-refractivity contribution in [1.29, 1.82) is 0 Å². The number of rotatable bonds is 4. The highest BCUT2D eigenvalue weighted by atomic mass is 35.5. The van der Waals surface area contributed by atoms with Crippen molar-refractivity contribution in [3.8, 4) is 11.3 Å². The Kier molecular flexibility index (Phi) is 3.82. The summed E-state index contributed by atoms with van der Waals surface area (Å²) in [7, 11) is 0. The normalized spacial score (nSPS) is 10.8. The van der Waals surface area contributed by atoms with Gasteiger partial charge in [0.25, 0.3) is 0 Å². The topological polar surface area (TPSA) is 25.2 Å². The standard InChI is InChI=1S/C13H13ClFNO/c1-2-16-8-10-4-6-13(17-10)11-5-3-9(14)7-12(11)15/h3-7,16H,2,8H2,1H3. The molecule has 0 radical (unpaired) electrons. The third-order valence-electron chi connectivity index (χ3n) is 2.41. The number of halogens is 2. The molecule has 0 aliphatic heterocycles. The highest BCUT2D eigenvalue weighted by molar-refractivity contribution is 6.30. The van der Waals surface area contributed by atoms with E-state index in [0.29, 0.717) is 22.9 Å². The first-order valence-corrected chi connectivity index (χ1v) is 5.83. The lowest BCUT2D eigenvalue weighted by molar-refractivity contribution is 0.495. The average Bonchev–Trinajstić information content (AvgIpc) is 2.75. The molecule has 1 heterocycles. The zero-order chi connectivity index (χ0) is 12.3. The predicted molar refractivity (Wildman–Crippen MR) is 66.5 cm³/mol. The van der Waals surface area contributed by atoms with Gasteiger partial charge >= 0.3 is 0 Å². The molecule has 0 spiro atoms. The van der Waals surface area contributed by atoms with Gasteiger partial charge in [0.15, 0.2) is 0 Å². The van der Waals surface area contributed by atoms with Crippen LogP contribution in [0.15, 0.2) is 34.7 Å². The summed E-state index contributed by atoms with van der Waals surface area (Å²) in [6.45, 7) is 3.53. The molecule has 2 rings (SSSR count). The number of hydrogen-bond donors (Lipinski definition) is 1. The van der Waals surface area contributed by atoms with E-state index in [1.165, 1.54) is 6.07 Å². The molecule has 1 aromatic carbocycles. The molecule has 0 atom stereocenters. The van der Waals surface area contributed by atoms with Crippen molar-refractivity contribution in [2.24, 2.45) is 0 Å². The number of benzene rings is 1. The van der Waals surface area contributed by atoms with Crippen molar-refractivity contribution in [3.05, 3.63) is 46.9 Å². The van der Waals surface area contributed by atoms with Gasteiger partial charge in [0.05, 0.1) is 12.1 Å². The first-order valence-electron chi connectivity index (χ1n) is 5.45. The van der Waals surface area contributed by atoms with Crippen molar-refractivity contribution in [2.45, 2.75) is 13.5 Å². The minimum Gasteiger partial charge on any atom is -0.460 e. The van der Waals surface area contributed by atoms with Gasteiger partial charge in [0, 0.05) is 5.02 Å². The lowest BCUT2D eigenvalue weighted by Crippen LogP contribution is -2.10. The van der Waals surface area contributed by atoms with Crippen LogP contribution in [0, 0.1) is 5.82 Å². The molecule has 0 fully saturated rings. The molecule has 0 aliphatic carbocycles. The van der Waals surface area contributed by atoms with Gasteiger partial charge < -0.3 is 9.73 Å². The number of nitrogens with one attached hydrogen (secondary N) is 1. The van der Waals surface area contributed by atoms with Crippen molar-refractivity contribution < 1.29 is 8.81 Å². The van der Waals surface area contributed by atoms with Crippen molar-refractivity contribution in [2.75, 3.05) is 6.54 Å². The van der Waals surface area contributed by atoms with Crippen LogP contribution in [-0.4, -0.2) is 6.54 Å². The van der Waals surface area contributed by atoms with E-state index in [9.17, 15) is 4.39 Å². The van der Waals surface area contributed by atoms with E-state index in [-0.39, 0.29) is 5.82 Å². The Hall–Kier alpha value is -1.32. The largest absolute Gasteiger partial charge is 0.460 e. The van der Waals surface area contributed by atoms with Crippen molar-refractivity contribution in [3.63, 3.8) is 0 Å². The molecule has 0 unspecified atom stereocenters. The zero-order valence-corrected chi connectivity index (χ0v) is 10.2. The SMILES string of the molecule is CCNCc1ccc(-c2ccc(Cl)cc2F)o1. The van der Waals surface area contributed by atoms with Gasteiger partial charge in [0.1, 0.15) is 17.3 Å². The van der Waals surface area contributed by atoms with Gasteiger partial charge in [-0.3, -0.25) is 0 Å². The summed E-state index contributed by atoms with van der Waals surface area (Å²) >= 11 is 5.70. The second-order valence-electron chi connectivity index (χ2n) is 3.67. The molecule has 0 amide bonds. The Bertz CT molecular complexity index is 510. The molecule has 17 heavy (non-hydrogen) atoms. The van der Waals surface area contributed by atoms with Crippen LogP contribution in [0.3, 0.4) is 0 Å². The number of furan rings is 1. The van der Waals surface area contributed by atoms with Crippen LogP contribution in [-0.2, 0) is 6.54 Å². The van der Waals surface area contributed by atoms with Crippen LogP contribution < -0.4 is 5.32 Å². The summed E-state index contributed by atoms with van der Waals surface area (Å²) in [5.74, 6) is 0.935. The van der Waals surface area contributed by atoms with E-state index in [2.05, 4.69) is 5.32 Å². The van der Waals surface area contributed by atoms with Crippen LogP contribution in [0.5, 0.6) is 0 Å². The van der Waals surface area contributed by atoms with E-state index >= 15 is 0 Å². The first kappa shape index (κ1) is 12.1. The smallest absolute Gasteiger partial charge is 0.137 e. The minimum atomic E-state index is -0.373. The lowest BCUT2D eigenvalue weighted by Gasteiger charge is -2.00. The molecular weight excluding hydrogens is 241 g/mol. The Morgan fingerprint density at radius 1 is 1.29 bits per heavy atom. The van der Waals surface area contributed by atoms with Crippen molar-refractivity contribution in [1.82, 2.24) is 5.32 Å². The van der Waals surface area contributed by atoms with Gasteiger partial charge in [-0.15, -0.1) is 0 Å². The highest BCUT2D eigenvalue weighted by Crippen LogP contribution is 2.26. The highest BCUT2D eigenvalue weighted by Gasteiger charge is 2.09. The predicted octanol–water partition coefficient (Wildman–Crippen LogP) is 3.85. The fourth-order valence-corrected chi connectivity index (χ4v) is 1.71. The molecule has 1 N–H and O–H groups in total. The summed E-state index contributed by atoms with van der Waals surface area (Å²) in [4.78, 5) is 0. The fraction of sp³-hybridized carbons (Fsp3) is 0.231.